The Hall–Kier alpha value is -1.97. The van der Waals surface area contributed by atoms with E-state index in [0.717, 1.165) is 32.4 Å². The van der Waals surface area contributed by atoms with E-state index in [0.29, 0.717) is 11.8 Å². The standard InChI is InChI=1S/C21H30N2O2/c1-5-15-14-23(20(24)25-21(2,3)4)11-10-16(15)12-18-13-17-8-6-7-9-19(17)22-18/h6-9,13,15-16,22H,5,10-12,14H2,1-4H3/t15-,16+/m1/s1. The molecule has 0 saturated carbocycles. The second kappa shape index (κ2) is 7.11. The number of aromatic amines is 1. The van der Waals surface area contributed by atoms with Crippen LogP contribution in [0.3, 0.4) is 0 Å². The van der Waals surface area contributed by atoms with Crippen LogP contribution in [0, 0.1) is 11.8 Å². The van der Waals surface area contributed by atoms with Gasteiger partial charge in [0.1, 0.15) is 5.60 Å². The molecule has 1 fully saturated rings. The maximum Gasteiger partial charge on any atom is 0.410 e. The summed E-state index contributed by atoms with van der Waals surface area (Å²) in [5.41, 5.74) is 2.08. The van der Waals surface area contributed by atoms with Gasteiger partial charge >= 0.3 is 6.09 Å². The van der Waals surface area contributed by atoms with Gasteiger partial charge in [-0.1, -0.05) is 31.5 Å². The van der Waals surface area contributed by atoms with Gasteiger partial charge < -0.3 is 14.6 Å². The number of fused-ring (bicyclic) bond motifs is 1. The third-order valence-electron chi connectivity index (χ3n) is 5.14. The molecule has 1 aliphatic heterocycles. The number of nitrogens with zero attached hydrogens (tertiary/aromatic N) is 1. The zero-order chi connectivity index (χ0) is 18.0. The smallest absolute Gasteiger partial charge is 0.410 e. The number of likely N-dealkylation sites (tertiary alicyclic amines) is 1. The molecule has 2 atom stereocenters. The Morgan fingerprint density at radius 2 is 2.04 bits per heavy atom. The fourth-order valence-electron chi connectivity index (χ4n) is 3.83. The highest BCUT2D eigenvalue weighted by molar-refractivity contribution is 5.80. The predicted octanol–water partition coefficient (Wildman–Crippen LogP) is 4.99. The van der Waals surface area contributed by atoms with Crippen molar-refractivity contribution in [2.75, 3.05) is 13.1 Å². The highest BCUT2D eigenvalue weighted by Gasteiger charge is 2.32. The number of aromatic nitrogens is 1. The summed E-state index contributed by atoms with van der Waals surface area (Å²) < 4.78 is 5.54. The lowest BCUT2D eigenvalue weighted by Gasteiger charge is -2.38. The minimum absolute atomic E-state index is 0.171. The molecule has 136 valence electrons. The molecular weight excluding hydrogens is 312 g/mol. The first-order valence-corrected chi connectivity index (χ1v) is 9.40. The molecule has 2 heterocycles. The maximum absolute atomic E-state index is 12.4. The van der Waals surface area contributed by atoms with Gasteiger partial charge in [0.2, 0.25) is 0 Å². The van der Waals surface area contributed by atoms with Crippen molar-refractivity contribution in [3.63, 3.8) is 0 Å². The molecule has 3 rings (SSSR count). The Morgan fingerprint density at radius 3 is 2.72 bits per heavy atom. The molecule has 1 aliphatic rings. The molecule has 0 spiro atoms. The zero-order valence-corrected chi connectivity index (χ0v) is 15.8. The number of ether oxygens (including phenoxy) is 1. The van der Waals surface area contributed by atoms with Crippen LogP contribution in [0.5, 0.6) is 0 Å². The summed E-state index contributed by atoms with van der Waals surface area (Å²) in [5.74, 6) is 1.13. The summed E-state index contributed by atoms with van der Waals surface area (Å²) in [4.78, 5) is 17.8. The first kappa shape index (κ1) is 17.8. The van der Waals surface area contributed by atoms with Crippen LogP contribution in [0.4, 0.5) is 4.79 Å². The first-order valence-electron chi connectivity index (χ1n) is 9.40. The van der Waals surface area contributed by atoms with Gasteiger partial charge in [0.05, 0.1) is 0 Å². The summed E-state index contributed by atoms with van der Waals surface area (Å²) >= 11 is 0. The second-order valence-electron chi connectivity index (χ2n) is 8.23. The lowest BCUT2D eigenvalue weighted by molar-refractivity contribution is 0.00982. The maximum atomic E-state index is 12.4. The van der Waals surface area contributed by atoms with Gasteiger partial charge in [-0.05, 0) is 63.0 Å². The van der Waals surface area contributed by atoms with Crippen molar-refractivity contribution in [2.24, 2.45) is 11.8 Å². The number of amides is 1. The molecule has 25 heavy (non-hydrogen) atoms. The van der Waals surface area contributed by atoms with E-state index in [1.54, 1.807) is 0 Å². The highest BCUT2D eigenvalue weighted by Crippen LogP contribution is 2.31. The van der Waals surface area contributed by atoms with Gasteiger partial charge in [-0.25, -0.2) is 4.79 Å². The average Bonchev–Trinajstić information content (AvgIpc) is 2.95. The fourth-order valence-corrected chi connectivity index (χ4v) is 3.83. The molecule has 0 radical (unpaired) electrons. The van der Waals surface area contributed by atoms with E-state index in [1.165, 1.54) is 16.6 Å². The van der Waals surface area contributed by atoms with Crippen molar-refractivity contribution in [3.8, 4) is 0 Å². The topological polar surface area (TPSA) is 45.3 Å². The zero-order valence-electron chi connectivity index (χ0n) is 15.8. The van der Waals surface area contributed by atoms with Crippen LogP contribution >= 0.6 is 0 Å². The van der Waals surface area contributed by atoms with Gasteiger partial charge in [0, 0.05) is 24.3 Å². The summed E-state index contributed by atoms with van der Waals surface area (Å²) in [7, 11) is 0. The molecule has 2 aromatic rings. The van der Waals surface area contributed by atoms with Crippen LogP contribution in [-0.2, 0) is 11.2 Å². The number of piperidine rings is 1. The van der Waals surface area contributed by atoms with Crippen LogP contribution in [0.1, 0.15) is 46.2 Å². The minimum atomic E-state index is -0.431. The lowest BCUT2D eigenvalue weighted by atomic mass is 9.81. The highest BCUT2D eigenvalue weighted by atomic mass is 16.6. The molecule has 0 unspecified atom stereocenters. The number of hydrogen-bond acceptors (Lipinski definition) is 2. The molecule has 4 heteroatoms. The number of H-pyrrole nitrogens is 1. The molecule has 1 aromatic carbocycles. The number of carbonyl (C=O) groups excluding carboxylic acids is 1. The minimum Gasteiger partial charge on any atom is -0.444 e. The Bertz CT molecular complexity index is 696. The van der Waals surface area contributed by atoms with Gasteiger partial charge in [0.25, 0.3) is 0 Å². The molecule has 0 bridgehead atoms. The Morgan fingerprint density at radius 1 is 1.28 bits per heavy atom. The van der Waals surface area contributed by atoms with E-state index >= 15 is 0 Å². The third-order valence-corrected chi connectivity index (χ3v) is 5.14. The number of hydrogen-bond donors (Lipinski definition) is 1. The second-order valence-corrected chi connectivity index (χ2v) is 8.23. The molecule has 4 nitrogen and oxygen atoms in total. The normalized spacial score (nSPS) is 21.5. The monoisotopic (exact) mass is 342 g/mol. The summed E-state index contributed by atoms with van der Waals surface area (Å²) in [6.07, 6.45) is 3.00. The van der Waals surface area contributed by atoms with Gasteiger partial charge in [0.15, 0.2) is 0 Å². The number of nitrogens with one attached hydrogen (secondary N) is 1. The molecule has 1 amide bonds. The quantitative estimate of drug-likeness (QED) is 0.854. The molecule has 1 saturated heterocycles. The number of carbonyl (C=O) groups is 1. The third kappa shape index (κ3) is 4.36. The van der Waals surface area contributed by atoms with Crippen molar-refractivity contribution in [1.29, 1.82) is 0 Å². The first-order chi connectivity index (χ1) is 11.9. The molecule has 1 N–H and O–H groups in total. The van der Waals surface area contributed by atoms with Crippen molar-refractivity contribution in [2.45, 2.75) is 52.6 Å². The van der Waals surface area contributed by atoms with Gasteiger partial charge in [-0.2, -0.15) is 0 Å². The van der Waals surface area contributed by atoms with Gasteiger partial charge in [-0.3, -0.25) is 0 Å². The Balaban J connectivity index is 1.65. The van der Waals surface area contributed by atoms with Crippen LogP contribution in [0.15, 0.2) is 30.3 Å². The summed E-state index contributed by atoms with van der Waals surface area (Å²) in [5, 5.41) is 1.27. The predicted molar refractivity (Wildman–Crippen MR) is 102 cm³/mol. The van der Waals surface area contributed by atoms with E-state index in [9.17, 15) is 4.79 Å². The van der Waals surface area contributed by atoms with Crippen molar-refractivity contribution in [1.82, 2.24) is 9.88 Å². The van der Waals surface area contributed by atoms with Crippen LogP contribution < -0.4 is 0 Å². The lowest BCUT2D eigenvalue weighted by Crippen LogP contribution is -2.46. The summed E-state index contributed by atoms with van der Waals surface area (Å²) in [6.45, 7) is 9.58. The average molecular weight is 342 g/mol. The number of para-hydroxylation sites is 1. The van der Waals surface area contributed by atoms with Crippen LogP contribution in [0.2, 0.25) is 0 Å². The van der Waals surface area contributed by atoms with E-state index in [2.05, 4.69) is 42.2 Å². The number of benzene rings is 1. The van der Waals surface area contributed by atoms with E-state index in [4.69, 9.17) is 4.74 Å². The van der Waals surface area contributed by atoms with E-state index < -0.39 is 5.60 Å². The molecule has 1 aromatic heterocycles. The molecular formula is C21H30N2O2. The van der Waals surface area contributed by atoms with E-state index in [1.807, 2.05) is 25.7 Å². The van der Waals surface area contributed by atoms with Crippen molar-refractivity contribution in [3.05, 3.63) is 36.0 Å². The Labute approximate surface area is 150 Å². The van der Waals surface area contributed by atoms with Crippen LogP contribution in [-0.4, -0.2) is 34.7 Å². The SMILES string of the molecule is CC[C@@H]1CN(C(=O)OC(C)(C)C)CC[C@H]1Cc1cc2ccccc2[nH]1. The van der Waals surface area contributed by atoms with Crippen molar-refractivity contribution < 1.29 is 9.53 Å². The fraction of sp³-hybridized carbons (Fsp3) is 0.571. The summed E-state index contributed by atoms with van der Waals surface area (Å²) in [6, 6.07) is 10.7. The van der Waals surface area contributed by atoms with Crippen LogP contribution in [0.25, 0.3) is 10.9 Å². The Kier molecular flexibility index (Phi) is 5.07. The largest absolute Gasteiger partial charge is 0.444 e. The van der Waals surface area contributed by atoms with E-state index in [-0.39, 0.29) is 6.09 Å². The van der Waals surface area contributed by atoms with Gasteiger partial charge in [-0.15, -0.1) is 0 Å². The molecule has 0 aliphatic carbocycles. The number of rotatable bonds is 3. The van der Waals surface area contributed by atoms with Crippen molar-refractivity contribution >= 4 is 17.0 Å².